The highest BCUT2D eigenvalue weighted by atomic mass is 16.5. The van der Waals surface area contributed by atoms with Gasteiger partial charge in [-0.3, -0.25) is 0 Å². The minimum Gasteiger partial charge on any atom is -0.453 e. The Hall–Kier alpha value is -3.26. The molecule has 4 aromatic carbocycles. The fraction of sp³-hybridized carbons (Fsp3) is 0. The van der Waals surface area contributed by atoms with Gasteiger partial charge in [-0.15, -0.1) is 0 Å². The second-order valence-electron chi connectivity index (χ2n) is 5.57. The van der Waals surface area contributed by atoms with Crippen LogP contribution in [0.4, 0.5) is 11.4 Å². The van der Waals surface area contributed by atoms with Gasteiger partial charge < -0.3 is 10.1 Å². The summed E-state index contributed by atoms with van der Waals surface area (Å²) in [5.41, 5.74) is 2.04. The third kappa shape index (κ3) is 2.95. The zero-order valence-electron chi connectivity index (χ0n) is 13.1. The largest absolute Gasteiger partial charge is 0.453 e. The summed E-state index contributed by atoms with van der Waals surface area (Å²) in [5, 5.41) is 5.94. The molecule has 0 aliphatic carbocycles. The molecule has 0 atom stereocenters. The molecule has 0 fully saturated rings. The van der Waals surface area contributed by atoms with Crippen molar-refractivity contribution in [2.24, 2.45) is 0 Å². The van der Waals surface area contributed by atoms with Crippen molar-refractivity contribution in [1.82, 2.24) is 0 Å². The highest BCUT2D eigenvalue weighted by Crippen LogP contribution is 2.40. The molecule has 24 heavy (non-hydrogen) atoms. The molecule has 5 rings (SSSR count). The van der Waals surface area contributed by atoms with Crippen molar-refractivity contribution in [3.05, 3.63) is 97.1 Å². The Labute approximate surface area is 141 Å². The van der Waals surface area contributed by atoms with Crippen LogP contribution in [-0.4, -0.2) is 0 Å². The predicted octanol–water partition coefficient (Wildman–Crippen LogP) is 6.38. The average molecular weight is 311 g/mol. The van der Waals surface area contributed by atoms with Crippen molar-refractivity contribution in [2.75, 3.05) is 5.32 Å². The van der Waals surface area contributed by atoms with E-state index >= 15 is 0 Å². The van der Waals surface area contributed by atoms with Crippen LogP contribution in [0, 0.1) is 0 Å². The maximum atomic E-state index is 5.71. The van der Waals surface area contributed by atoms with Crippen LogP contribution in [0.25, 0.3) is 10.8 Å². The molecule has 0 amide bonds. The number of nitrogens with one attached hydrogen (secondary N) is 1. The summed E-state index contributed by atoms with van der Waals surface area (Å²) in [7, 11) is 0. The quantitative estimate of drug-likeness (QED) is 0.358. The molecule has 0 spiro atoms. The van der Waals surface area contributed by atoms with Gasteiger partial charge in [-0.1, -0.05) is 72.8 Å². The molecule has 0 saturated heterocycles. The van der Waals surface area contributed by atoms with E-state index in [4.69, 9.17) is 4.74 Å². The van der Waals surface area contributed by atoms with E-state index in [9.17, 15) is 0 Å². The molecule has 1 aliphatic heterocycles. The van der Waals surface area contributed by atoms with E-state index in [-0.39, 0.29) is 0 Å². The summed E-state index contributed by atoms with van der Waals surface area (Å²) in [4.78, 5) is 0. The van der Waals surface area contributed by atoms with Gasteiger partial charge in [0.25, 0.3) is 0 Å². The lowest BCUT2D eigenvalue weighted by molar-refractivity contribution is 0.481. The summed E-state index contributed by atoms with van der Waals surface area (Å²) in [6.07, 6.45) is 0. The Kier molecular flexibility index (Phi) is 3.86. The second-order valence-corrected chi connectivity index (χ2v) is 5.57. The van der Waals surface area contributed by atoms with Crippen LogP contribution in [-0.2, 0) is 0 Å². The van der Waals surface area contributed by atoms with Crippen LogP contribution in [0.15, 0.2) is 97.1 Å². The Morgan fingerprint density at radius 1 is 0.458 bits per heavy atom. The number of benzene rings is 4. The van der Waals surface area contributed by atoms with Crippen molar-refractivity contribution in [3.63, 3.8) is 0 Å². The third-order valence-corrected chi connectivity index (χ3v) is 3.92. The van der Waals surface area contributed by atoms with Gasteiger partial charge in [0.1, 0.15) is 0 Å². The Morgan fingerprint density at radius 2 is 0.833 bits per heavy atom. The first-order valence-corrected chi connectivity index (χ1v) is 7.97. The number of hydrogen-bond donors (Lipinski definition) is 1. The standard InChI is InChI=1S/C12H9NO.C10H8/c1-3-7-11-9(5-1)13-10-6-2-4-8-12(10)14-11;1-2-6-10-8-4-3-7-9(10)5-1/h1-8,13H;1-8H. The van der Waals surface area contributed by atoms with Gasteiger partial charge in [-0.25, -0.2) is 0 Å². The van der Waals surface area contributed by atoms with E-state index in [1.165, 1.54) is 10.8 Å². The second kappa shape index (κ2) is 6.47. The van der Waals surface area contributed by atoms with Gasteiger partial charge in [0.15, 0.2) is 11.5 Å². The van der Waals surface area contributed by atoms with E-state index in [0.29, 0.717) is 0 Å². The number of hydrogen-bond acceptors (Lipinski definition) is 2. The van der Waals surface area contributed by atoms with Gasteiger partial charge in [-0.05, 0) is 35.0 Å². The number of fused-ring (bicyclic) bond motifs is 3. The van der Waals surface area contributed by atoms with Crippen molar-refractivity contribution >= 4 is 22.1 Å². The van der Waals surface area contributed by atoms with Crippen LogP contribution in [0.1, 0.15) is 0 Å². The van der Waals surface area contributed by atoms with Crippen LogP contribution >= 0.6 is 0 Å². The monoisotopic (exact) mass is 311 g/mol. The molecule has 1 heterocycles. The Balaban J connectivity index is 0.000000129. The first kappa shape index (κ1) is 14.3. The lowest BCUT2D eigenvalue weighted by atomic mass is 10.1. The Bertz CT molecular complexity index is 825. The summed E-state index contributed by atoms with van der Waals surface area (Å²) in [5.74, 6) is 1.76. The van der Waals surface area contributed by atoms with Crippen molar-refractivity contribution < 1.29 is 4.74 Å². The summed E-state index contributed by atoms with van der Waals surface area (Å²) >= 11 is 0. The Morgan fingerprint density at radius 3 is 1.29 bits per heavy atom. The van der Waals surface area contributed by atoms with Crippen molar-refractivity contribution in [3.8, 4) is 11.5 Å². The number of anilines is 2. The molecule has 0 saturated carbocycles. The molecule has 1 N–H and O–H groups in total. The highest BCUT2D eigenvalue weighted by molar-refractivity contribution is 5.82. The normalized spacial score (nSPS) is 11.2. The van der Waals surface area contributed by atoms with Crippen LogP contribution in [0.3, 0.4) is 0 Å². The summed E-state index contributed by atoms with van der Waals surface area (Å²) < 4.78 is 5.71. The topological polar surface area (TPSA) is 21.3 Å². The third-order valence-electron chi connectivity index (χ3n) is 3.92. The molecule has 0 radical (unpaired) electrons. The van der Waals surface area contributed by atoms with Crippen molar-refractivity contribution in [2.45, 2.75) is 0 Å². The van der Waals surface area contributed by atoms with E-state index < -0.39 is 0 Å². The summed E-state index contributed by atoms with van der Waals surface area (Å²) in [6, 6.07) is 32.5. The zero-order chi connectivity index (χ0) is 16.2. The highest BCUT2D eigenvalue weighted by Gasteiger charge is 2.13. The van der Waals surface area contributed by atoms with E-state index in [2.05, 4.69) is 53.8 Å². The first-order chi connectivity index (χ1) is 11.9. The minimum atomic E-state index is 0.881. The fourth-order valence-corrected chi connectivity index (χ4v) is 2.71. The van der Waals surface area contributed by atoms with Crippen LogP contribution in [0.2, 0.25) is 0 Å². The van der Waals surface area contributed by atoms with Gasteiger partial charge in [0.05, 0.1) is 11.4 Å². The van der Waals surface area contributed by atoms with Crippen LogP contribution < -0.4 is 10.1 Å². The lowest BCUT2D eigenvalue weighted by Gasteiger charge is -2.20. The number of rotatable bonds is 0. The zero-order valence-corrected chi connectivity index (χ0v) is 13.1. The molecule has 0 bridgehead atoms. The molecule has 1 aliphatic rings. The van der Waals surface area contributed by atoms with E-state index in [1.807, 2.05) is 48.5 Å². The smallest absolute Gasteiger partial charge is 0.150 e. The van der Waals surface area contributed by atoms with Crippen LogP contribution in [0.5, 0.6) is 11.5 Å². The SMILES string of the molecule is c1ccc2c(c1)Nc1ccccc1O2.c1ccc2ccccc2c1. The molecular weight excluding hydrogens is 294 g/mol. The van der Waals surface area contributed by atoms with E-state index in [1.54, 1.807) is 0 Å². The van der Waals surface area contributed by atoms with Crippen molar-refractivity contribution in [1.29, 1.82) is 0 Å². The van der Waals surface area contributed by atoms with Gasteiger partial charge in [-0.2, -0.15) is 0 Å². The minimum absolute atomic E-state index is 0.881. The number of ether oxygens (including phenoxy) is 1. The maximum Gasteiger partial charge on any atom is 0.150 e. The average Bonchev–Trinajstić information content (AvgIpc) is 2.67. The predicted molar refractivity (Wildman–Crippen MR) is 100 cm³/mol. The molecule has 2 nitrogen and oxygen atoms in total. The number of para-hydroxylation sites is 4. The molecule has 0 aromatic heterocycles. The van der Waals surface area contributed by atoms with Gasteiger partial charge in [0, 0.05) is 0 Å². The lowest BCUT2D eigenvalue weighted by Crippen LogP contribution is -2.01. The maximum absolute atomic E-state index is 5.71. The first-order valence-electron chi connectivity index (χ1n) is 7.97. The summed E-state index contributed by atoms with van der Waals surface area (Å²) in [6.45, 7) is 0. The van der Waals surface area contributed by atoms with Gasteiger partial charge in [0.2, 0.25) is 0 Å². The molecule has 2 heteroatoms. The van der Waals surface area contributed by atoms with E-state index in [0.717, 1.165) is 22.9 Å². The molecular formula is C22H17NO. The molecule has 4 aromatic rings. The molecule has 116 valence electrons. The van der Waals surface area contributed by atoms with Gasteiger partial charge >= 0.3 is 0 Å². The molecule has 0 unspecified atom stereocenters. The fourth-order valence-electron chi connectivity index (χ4n) is 2.71.